The van der Waals surface area contributed by atoms with Gasteiger partial charge in [-0.2, -0.15) is 13.9 Å². The van der Waals surface area contributed by atoms with Gasteiger partial charge in [0.05, 0.1) is 6.21 Å². The Kier molecular flexibility index (Phi) is 5.61. The van der Waals surface area contributed by atoms with Gasteiger partial charge in [-0.05, 0) is 41.2 Å². The second-order valence-corrected chi connectivity index (χ2v) is 8.19. The zero-order chi connectivity index (χ0) is 22.1. The van der Waals surface area contributed by atoms with Crippen LogP contribution in [0.2, 0.25) is 0 Å². The van der Waals surface area contributed by atoms with Crippen LogP contribution in [0.25, 0.3) is 0 Å². The van der Waals surface area contributed by atoms with Gasteiger partial charge in [-0.25, -0.2) is 4.79 Å². The van der Waals surface area contributed by atoms with Crippen molar-refractivity contribution in [2.24, 2.45) is 5.10 Å². The largest absolute Gasteiger partial charge is 0.435 e. The zero-order valence-corrected chi connectivity index (χ0v) is 17.1. The number of imide groups is 1. The van der Waals surface area contributed by atoms with Crippen LogP contribution < -0.4 is 10.1 Å². The number of alkyl halides is 2. The molecule has 0 spiro atoms. The molecule has 2 aromatic carbocycles. The van der Waals surface area contributed by atoms with Crippen molar-refractivity contribution in [2.45, 2.75) is 45.3 Å². The van der Waals surface area contributed by atoms with Gasteiger partial charge in [0.1, 0.15) is 11.3 Å². The van der Waals surface area contributed by atoms with E-state index in [0.29, 0.717) is 5.56 Å². The molecule has 1 aliphatic rings. The molecule has 0 bridgehead atoms. The molecule has 3 amide bonds. The van der Waals surface area contributed by atoms with Gasteiger partial charge in [0, 0.05) is 0 Å². The van der Waals surface area contributed by atoms with Crippen LogP contribution in [0.1, 0.15) is 44.4 Å². The number of carbonyl (C=O) groups is 2. The van der Waals surface area contributed by atoms with Crippen molar-refractivity contribution in [3.8, 4) is 5.75 Å². The first kappa shape index (κ1) is 21.4. The number of nitrogens with one attached hydrogen (secondary N) is 1. The number of carbonyl (C=O) groups excluding carboxylic acids is 2. The first-order valence-corrected chi connectivity index (χ1v) is 9.37. The molecule has 0 aromatic heterocycles. The third-order valence-electron chi connectivity index (χ3n) is 4.93. The summed E-state index contributed by atoms with van der Waals surface area (Å²) in [6.07, 6.45) is 1.44. The van der Waals surface area contributed by atoms with E-state index in [1.54, 1.807) is 0 Å². The van der Waals surface area contributed by atoms with Crippen molar-refractivity contribution >= 4 is 18.2 Å². The van der Waals surface area contributed by atoms with E-state index < -0.39 is 24.1 Å². The van der Waals surface area contributed by atoms with E-state index in [0.717, 1.165) is 16.1 Å². The van der Waals surface area contributed by atoms with Gasteiger partial charge < -0.3 is 10.1 Å². The van der Waals surface area contributed by atoms with Gasteiger partial charge in [0.2, 0.25) is 0 Å². The number of ether oxygens (including phenoxy) is 1. The standard InChI is InChI=1S/C22H23F2N3O3/c1-21(2,3)15-7-5-14(6-8-15)13-25-27-18(28)22(4,26-20(27)29)16-9-11-17(12-10-16)30-19(23)24/h5-13,19H,1-4H3,(H,26,29)/b25-13+. The van der Waals surface area contributed by atoms with Crippen LogP contribution in [-0.4, -0.2) is 29.8 Å². The summed E-state index contributed by atoms with van der Waals surface area (Å²) < 4.78 is 28.9. The van der Waals surface area contributed by atoms with Crippen LogP contribution >= 0.6 is 0 Å². The molecule has 30 heavy (non-hydrogen) atoms. The van der Waals surface area contributed by atoms with E-state index in [-0.39, 0.29) is 11.2 Å². The molecule has 158 valence electrons. The molecule has 1 saturated heterocycles. The molecule has 2 aromatic rings. The van der Waals surface area contributed by atoms with Crippen molar-refractivity contribution in [3.05, 3.63) is 65.2 Å². The zero-order valence-electron chi connectivity index (χ0n) is 17.1. The lowest BCUT2D eigenvalue weighted by Crippen LogP contribution is -2.40. The SMILES string of the molecule is CC(C)(C)c1ccc(/C=N/N2C(=O)NC(C)(c3ccc(OC(F)F)cc3)C2=O)cc1. The van der Waals surface area contributed by atoms with Gasteiger partial charge in [0.15, 0.2) is 0 Å². The molecule has 1 fully saturated rings. The van der Waals surface area contributed by atoms with Crippen molar-refractivity contribution < 1.29 is 23.1 Å². The number of benzene rings is 2. The topological polar surface area (TPSA) is 71.0 Å². The normalized spacial score (nSPS) is 19.6. The Morgan fingerprint density at radius 2 is 1.67 bits per heavy atom. The summed E-state index contributed by atoms with van der Waals surface area (Å²) in [7, 11) is 0. The molecular weight excluding hydrogens is 392 g/mol. The Bertz CT molecular complexity index is 967. The summed E-state index contributed by atoms with van der Waals surface area (Å²) >= 11 is 0. The highest BCUT2D eigenvalue weighted by Crippen LogP contribution is 2.30. The molecule has 0 radical (unpaired) electrons. The predicted octanol–water partition coefficient (Wildman–Crippen LogP) is 4.39. The molecule has 1 unspecified atom stereocenters. The average molecular weight is 415 g/mol. The number of hydrazone groups is 1. The second kappa shape index (κ2) is 7.85. The number of amides is 3. The molecule has 0 saturated carbocycles. The molecule has 1 atom stereocenters. The van der Waals surface area contributed by atoms with Gasteiger partial charge in [-0.1, -0.05) is 57.2 Å². The van der Waals surface area contributed by atoms with Crippen molar-refractivity contribution in [3.63, 3.8) is 0 Å². The third kappa shape index (κ3) is 4.32. The molecule has 1 heterocycles. The predicted molar refractivity (Wildman–Crippen MR) is 109 cm³/mol. The van der Waals surface area contributed by atoms with E-state index in [2.05, 4.69) is 35.9 Å². The Labute approximate surface area is 173 Å². The summed E-state index contributed by atoms with van der Waals surface area (Å²) in [5, 5.41) is 7.42. The minimum atomic E-state index is -2.94. The first-order chi connectivity index (χ1) is 14.0. The quantitative estimate of drug-likeness (QED) is 0.582. The lowest BCUT2D eigenvalue weighted by atomic mass is 9.87. The van der Waals surface area contributed by atoms with Gasteiger partial charge >= 0.3 is 12.6 Å². The summed E-state index contributed by atoms with van der Waals surface area (Å²) in [5.74, 6) is -0.611. The summed E-state index contributed by atoms with van der Waals surface area (Å²) in [6, 6.07) is 12.5. The summed E-state index contributed by atoms with van der Waals surface area (Å²) in [6.45, 7) is 4.91. The van der Waals surface area contributed by atoms with E-state index >= 15 is 0 Å². The lowest BCUT2D eigenvalue weighted by Gasteiger charge is -2.21. The van der Waals surface area contributed by atoms with Crippen LogP contribution in [0.5, 0.6) is 5.75 Å². The highest BCUT2D eigenvalue weighted by molar-refractivity contribution is 6.07. The molecule has 8 heteroatoms. The lowest BCUT2D eigenvalue weighted by molar-refractivity contribution is -0.131. The maximum atomic E-state index is 12.9. The number of hydrogen-bond acceptors (Lipinski definition) is 4. The Balaban J connectivity index is 1.77. The molecule has 1 N–H and O–H groups in total. The maximum Gasteiger partial charge on any atom is 0.387 e. The maximum absolute atomic E-state index is 12.9. The highest BCUT2D eigenvalue weighted by atomic mass is 19.3. The van der Waals surface area contributed by atoms with E-state index in [4.69, 9.17) is 0 Å². The van der Waals surface area contributed by atoms with Crippen molar-refractivity contribution in [1.29, 1.82) is 0 Å². The number of hydrogen-bond donors (Lipinski definition) is 1. The first-order valence-electron chi connectivity index (χ1n) is 9.37. The fourth-order valence-electron chi connectivity index (χ4n) is 3.09. The minimum Gasteiger partial charge on any atom is -0.435 e. The molecule has 6 nitrogen and oxygen atoms in total. The third-order valence-corrected chi connectivity index (χ3v) is 4.93. The van der Waals surface area contributed by atoms with Crippen LogP contribution in [0.3, 0.4) is 0 Å². The van der Waals surface area contributed by atoms with Crippen LogP contribution in [-0.2, 0) is 15.7 Å². The fraction of sp³-hybridized carbons (Fsp3) is 0.318. The second-order valence-electron chi connectivity index (χ2n) is 8.19. The monoisotopic (exact) mass is 415 g/mol. The van der Waals surface area contributed by atoms with Crippen LogP contribution in [0.15, 0.2) is 53.6 Å². The smallest absolute Gasteiger partial charge is 0.387 e. The van der Waals surface area contributed by atoms with E-state index in [9.17, 15) is 18.4 Å². The van der Waals surface area contributed by atoms with Crippen LogP contribution in [0, 0.1) is 0 Å². The molecule has 1 aliphatic heterocycles. The number of nitrogens with zero attached hydrogens (tertiary/aromatic N) is 2. The van der Waals surface area contributed by atoms with Crippen LogP contribution in [0.4, 0.5) is 13.6 Å². The summed E-state index contributed by atoms with van der Waals surface area (Å²) in [5.41, 5.74) is 0.966. The average Bonchev–Trinajstić information content (AvgIpc) is 2.89. The van der Waals surface area contributed by atoms with Gasteiger partial charge in [-0.3, -0.25) is 4.79 Å². The Morgan fingerprint density at radius 1 is 1.07 bits per heavy atom. The molecular formula is C22H23F2N3O3. The van der Waals surface area contributed by atoms with Crippen molar-refractivity contribution in [2.75, 3.05) is 0 Å². The Hall–Kier alpha value is -3.29. The van der Waals surface area contributed by atoms with E-state index in [1.165, 1.54) is 37.4 Å². The highest BCUT2D eigenvalue weighted by Gasteiger charge is 2.49. The fourth-order valence-corrected chi connectivity index (χ4v) is 3.09. The summed E-state index contributed by atoms with van der Waals surface area (Å²) in [4.78, 5) is 25.2. The van der Waals surface area contributed by atoms with Gasteiger partial charge in [-0.15, -0.1) is 5.01 Å². The minimum absolute atomic E-state index is 0.0121. The molecule has 3 rings (SSSR count). The number of halogens is 2. The van der Waals surface area contributed by atoms with Crippen molar-refractivity contribution in [1.82, 2.24) is 10.3 Å². The number of rotatable bonds is 5. The van der Waals surface area contributed by atoms with Gasteiger partial charge in [0.25, 0.3) is 5.91 Å². The van der Waals surface area contributed by atoms with E-state index in [1.807, 2.05) is 24.3 Å². The molecule has 0 aliphatic carbocycles. The Morgan fingerprint density at radius 3 is 2.20 bits per heavy atom. The number of urea groups is 1.